The number of likely N-dealkylation sites (tertiary alicyclic amines) is 1. The van der Waals surface area contributed by atoms with Crippen LogP contribution >= 0.6 is 11.3 Å². The first-order chi connectivity index (χ1) is 17.6. The predicted molar refractivity (Wildman–Crippen MR) is 145 cm³/mol. The largest absolute Gasteiger partial charge is 0.374 e. The quantitative estimate of drug-likeness (QED) is 0.542. The Morgan fingerprint density at radius 1 is 1.00 bits per heavy atom. The highest BCUT2D eigenvalue weighted by molar-refractivity contribution is 7.11. The Balaban J connectivity index is 0.999. The third-order valence-electron chi connectivity index (χ3n) is 8.21. The molecule has 2 saturated heterocycles. The minimum absolute atomic E-state index is 0.0407. The van der Waals surface area contributed by atoms with Gasteiger partial charge in [0.15, 0.2) is 5.01 Å². The Kier molecular flexibility index (Phi) is 8.22. The molecule has 0 N–H and O–H groups in total. The lowest BCUT2D eigenvalue weighted by Gasteiger charge is -2.48. The van der Waals surface area contributed by atoms with E-state index in [0.29, 0.717) is 17.5 Å². The second-order valence-electron chi connectivity index (χ2n) is 10.7. The standard InChI is InChI=1S/C28H39N5O2S/c1-30(19-23-5-3-2-4-6-23)24-10-7-22(8-11-24)9-12-26(34)33-20-25(21-33)31-14-16-32(17-15-31)28(35)27-29-13-18-36-27/h7-8,10-11,13,18,23,25H,2-6,9,12,14-17,19-21H2,1H3. The highest BCUT2D eigenvalue weighted by Gasteiger charge is 2.36. The summed E-state index contributed by atoms with van der Waals surface area (Å²) in [5.41, 5.74) is 2.51. The van der Waals surface area contributed by atoms with Crippen LogP contribution in [0.25, 0.3) is 0 Å². The number of carbonyl (C=O) groups excluding carboxylic acids is 2. The summed E-state index contributed by atoms with van der Waals surface area (Å²) < 4.78 is 0. The van der Waals surface area contributed by atoms with Crippen LogP contribution in [0, 0.1) is 5.92 Å². The van der Waals surface area contributed by atoms with Crippen LogP contribution in [0.2, 0.25) is 0 Å². The van der Waals surface area contributed by atoms with Crippen LogP contribution < -0.4 is 4.90 Å². The van der Waals surface area contributed by atoms with Crippen molar-refractivity contribution in [2.75, 3.05) is 57.8 Å². The number of amides is 2. The van der Waals surface area contributed by atoms with E-state index in [1.165, 1.54) is 54.7 Å². The second-order valence-corrected chi connectivity index (χ2v) is 11.6. The molecule has 36 heavy (non-hydrogen) atoms. The van der Waals surface area contributed by atoms with E-state index in [2.05, 4.69) is 46.1 Å². The van der Waals surface area contributed by atoms with E-state index in [1.54, 1.807) is 6.20 Å². The van der Waals surface area contributed by atoms with Gasteiger partial charge in [-0.1, -0.05) is 31.4 Å². The molecule has 7 nitrogen and oxygen atoms in total. The van der Waals surface area contributed by atoms with E-state index in [9.17, 15) is 9.59 Å². The molecule has 3 fully saturated rings. The Morgan fingerprint density at radius 2 is 1.72 bits per heavy atom. The van der Waals surface area contributed by atoms with Crippen molar-refractivity contribution < 1.29 is 9.59 Å². The van der Waals surface area contributed by atoms with Crippen LogP contribution in [0.5, 0.6) is 0 Å². The highest BCUT2D eigenvalue weighted by Crippen LogP contribution is 2.26. The van der Waals surface area contributed by atoms with Crippen LogP contribution in [0.4, 0.5) is 5.69 Å². The number of hydrogen-bond acceptors (Lipinski definition) is 6. The molecule has 1 aliphatic carbocycles. The fourth-order valence-corrected chi connectivity index (χ4v) is 6.44. The molecule has 2 aromatic rings. The minimum atomic E-state index is 0.0407. The molecule has 5 rings (SSSR count). The SMILES string of the molecule is CN(CC1CCCCC1)c1ccc(CCC(=O)N2CC(N3CCN(C(=O)c4nccs4)CC3)C2)cc1. The summed E-state index contributed by atoms with van der Waals surface area (Å²) in [6, 6.07) is 9.21. The number of carbonyl (C=O) groups is 2. The normalized spacial score (nSPS) is 19.8. The van der Waals surface area contributed by atoms with Gasteiger partial charge >= 0.3 is 0 Å². The van der Waals surface area contributed by atoms with Crippen LogP contribution in [0.15, 0.2) is 35.8 Å². The van der Waals surface area contributed by atoms with Gasteiger partial charge in [-0.2, -0.15) is 0 Å². The van der Waals surface area contributed by atoms with Gasteiger partial charge in [0.25, 0.3) is 5.91 Å². The summed E-state index contributed by atoms with van der Waals surface area (Å²) in [6.45, 7) is 5.96. The monoisotopic (exact) mass is 509 g/mol. The van der Waals surface area contributed by atoms with E-state index >= 15 is 0 Å². The molecule has 0 spiro atoms. The average molecular weight is 510 g/mol. The first-order valence-corrected chi connectivity index (χ1v) is 14.5. The van der Waals surface area contributed by atoms with E-state index in [-0.39, 0.29) is 11.8 Å². The second kappa shape index (κ2) is 11.7. The van der Waals surface area contributed by atoms with Crippen LogP contribution in [0.1, 0.15) is 53.9 Å². The molecule has 2 amide bonds. The molecule has 0 atom stereocenters. The van der Waals surface area contributed by atoms with Crippen molar-refractivity contribution in [2.24, 2.45) is 5.92 Å². The summed E-state index contributed by atoms with van der Waals surface area (Å²) in [6.07, 6.45) is 9.95. The molecule has 0 unspecified atom stereocenters. The van der Waals surface area contributed by atoms with Gasteiger partial charge in [0.05, 0.1) is 0 Å². The third-order valence-corrected chi connectivity index (χ3v) is 8.97. The number of rotatable bonds is 8. The van der Waals surface area contributed by atoms with E-state index in [1.807, 2.05) is 15.2 Å². The fourth-order valence-electron chi connectivity index (χ4n) is 5.83. The van der Waals surface area contributed by atoms with Gasteiger partial charge < -0.3 is 14.7 Å². The molecule has 8 heteroatoms. The molecule has 194 valence electrons. The number of piperazine rings is 1. The molecular formula is C28H39N5O2S. The summed E-state index contributed by atoms with van der Waals surface area (Å²) in [7, 11) is 2.20. The summed E-state index contributed by atoms with van der Waals surface area (Å²) in [5.74, 6) is 1.12. The molecule has 3 aliphatic rings. The van der Waals surface area contributed by atoms with Gasteiger partial charge in [-0.05, 0) is 42.9 Å². The maximum absolute atomic E-state index is 12.7. The smallest absolute Gasteiger partial charge is 0.282 e. The molecule has 1 saturated carbocycles. The molecular weight excluding hydrogens is 470 g/mol. The molecule has 0 bridgehead atoms. The Bertz CT molecular complexity index is 991. The Labute approximate surface area is 219 Å². The lowest BCUT2D eigenvalue weighted by atomic mass is 9.89. The number of benzene rings is 1. The molecule has 1 aromatic heterocycles. The van der Waals surface area contributed by atoms with Crippen molar-refractivity contribution in [1.29, 1.82) is 0 Å². The van der Waals surface area contributed by atoms with Gasteiger partial charge in [-0.25, -0.2) is 4.98 Å². The van der Waals surface area contributed by atoms with Gasteiger partial charge in [0.1, 0.15) is 0 Å². The number of aromatic nitrogens is 1. The fraction of sp³-hybridized carbons (Fsp3) is 0.607. The first kappa shape index (κ1) is 25.2. The van der Waals surface area contributed by atoms with E-state index in [4.69, 9.17) is 0 Å². The average Bonchev–Trinajstić information content (AvgIpc) is 3.43. The number of aryl methyl sites for hydroxylation is 1. The van der Waals surface area contributed by atoms with Crippen molar-refractivity contribution in [3.8, 4) is 0 Å². The summed E-state index contributed by atoms with van der Waals surface area (Å²) in [5, 5.41) is 2.42. The van der Waals surface area contributed by atoms with Gasteiger partial charge in [-0.15, -0.1) is 11.3 Å². The maximum atomic E-state index is 12.7. The molecule has 2 aliphatic heterocycles. The highest BCUT2D eigenvalue weighted by atomic mass is 32.1. The van der Waals surface area contributed by atoms with Crippen LogP contribution in [-0.2, 0) is 11.2 Å². The minimum Gasteiger partial charge on any atom is -0.374 e. The molecule has 1 aromatic carbocycles. The van der Waals surface area contributed by atoms with Gasteiger partial charge in [-0.3, -0.25) is 14.5 Å². The zero-order chi connectivity index (χ0) is 24.9. The number of hydrogen-bond donors (Lipinski definition) is 0. The number of anilines is 1. The Morgan fingerprint density at radius 3 is 2.39 bits per heavy atom. The topological polar surface area (TPSA) is 60.0 Å². The Hall–Kier alpha value is -2.45. The van der Waals surface area contributed by atoms with Crippen molar-refractivity contribution in [3.05, 3.63) is 46.4 Å². The van der Waals surface area contributed by atoms with Crippen molar-refractivity contribution in [1.82, 2.24) is 19.7 Å². The number of nitrogens with zero attached hydrogens (tertiary/aromatic N) is 5. The van der Waals surface area contributed by atoms with E-state index in [0.717, 1.165) is 58.2 Å². The van der Waals surface area contributed by atoms with Gasteiger partial charge in [0.2, 0.25) is 5.91 Å². The van der Waals surface area contributed by atoms with Gasteiger partial charge in [0, 0.05) is 82.6 Å². The summed E-state index contributed by atoms with van der Waals surface area (Å²) >= 11 is 1.40. The zero-order valence-electron chi connectivity index (χ0n) is 21.5. The maximum Gasteiger partial charge on any atom is 0.282 e. The van der Waals surface area contributed by atoms with Crippen LogP contribution in [-0.4, -0.2) is 90.4 Å². The van der Waals surface area contributed by atoms with Crippen molar-refractivity contribution >= 4 is 28.8 Å². The lowest BCUT2D eigenvalue weighted by Crippen LogP contribution is -2.64. The predicted octanol–water partition coefficient (Wildman–Crippen LogP) is 3.76. The lowest BCUT2D eigenvalue weighted by molar-refractivity contribution is -0.139. The summed E-state index contributed by atoms with van der Waals surface area (Å²) in [4.78, 5) is 38.1. The third kappa shape index (κ3) is 6.09. The number of thiazole rings is 1. The molecule has 0 radical (unpaired) electrons. The van der Waals surface area contributed by atoms with Crippen molar-refractivity contribution in [3.63, 3.8) is 0 Å². The molecule has 3 heterocycles. The first-order valence-electron chi connectivity index (χ1n) is 13.6. The van der Waals surface area contributed by atoms with E-state index < -0.39 is 0 Å². The zero-order valence-corrected chi connectivity index (χ0v) is 22.3. The van der Waals surface area contributed by atoms with Crippen molar-refractivity contribution in [2.45, 2.75) is 51.0 Å². The van der Waals surface area contributed by atoms with Crippen LogP contribution in [0.3, 0.4) is 0 Å².